The molecule has 0 fully saturated rings. The number of nitrogens with zero attached hydrogens (tertiary/aromatic N) is 1. The highest BCUT2D eigenvalue weighted by Gasteiger charge is 2.25. The van der Waals surface area contributed by atoms with Crippen molar-refractivity contribution in [1.29, 1.82) is 0 Å². The Morgan fingerprint density at radius 1 is 1.35 bits per heavy atom. The Morgan fingerprint density at radius 2 is 2.12 bits per heavy atom. The van der Waals surface area contributed by atoms with Crippen LogP contribution in [0.2, 0.25) is 0 Å². The summed E-state index contributed by atoms with van der Waals surface area (Å²) in [6.07, 6.45) is 0.708. The second-order valence-corrected chi connectivity index (χ2v) is 7.14. The molecule has 0 aliphatic carbocycles. The molecule has 0 radical (unpaired) electrons. The molecule has 0 saturated heterocycles. The van der Waals surface area contributed by atoms with Crippen LogP contribution in [0.1, 0.15) is 36.6 Å². The number of nitro groups is 1. The first-order valence-electron chi connectivity index (χ1n) is 8.18. The van der Waals surface area contributed by atoms with Crippen LogP contribution in [0.15, 0.2) is 47.4 Å². The van der Waals surface area contributed by atoms with Gasteiger partial charge in [-0.15, -0.1) is 11.8 Å². The molecular formula is C18H18FN3O3S. The Kier molecular flexibility index (Phi) is 5.41. The van der Waals surface area contributed by atoms with Gasteiger partial charge in [-0.1, -0.05) is 24.3 Å². The molecule has 2 amide bonds. The van der Waals surface area contributed by atoms with Gasteiger partial charge in [-0.25, -0.2) is 9.18 Å². The number of benzene rings is 2. The van der Waals surface area contributed by atoms with Crippen molar-refractivity contribution < 1.29 is 14.1 Å². The van der Waals surface area contributed by atoms with Crippen molar-refractivity contribution in [1.82, 2.24) is 10.6 Å². The van der Waals surface area contributed by atoms with Crippen LogP contribution in [0.3, 0.4) is 0 Å². The van der Waals surface area contributed by atoms with Crippen LogP contribution in [-0.2, 0) is 0 Å². The summed E-state index contributed by atoms with van der Waals surface area (Å²) in [6, 6.07) is 9.96. The molecule has 3 rings (SSSR count). The molecule has 136 valence electrons. The summed E-state index contributed by atoms with van der Waals surface area (Å²) < 4.78 is 13.9. The van der Waals surface area contributed by atoms with Crippen LogP contribution in [0, 0.1) is 15.9 Å². The zero-order valence-corrected chi connectivity index (χ0v) is 14.9. The van der Waals surface area contributed by atoms with E-state index in [-0.39, 0.29) is 17.5 Å². The van der Waals surface area contributed by atoms with Crippen LogP contribution in [0.5, 0.6) is 0 Å². The number of amides is 2. The minimum atomic E-state index is -0.471. The molecule has 0 bridgehead atoms. The third-order valence-corrected chi connectivity index (χ3v) is 5.42. The first kappa shape index (κ1) is 18.2. The van der Waals surface area contributed by atoms with Crippen molar-refractivity contribution in [2.45, 2.75) is 30.3 Å². The van der Waals surface area contributed by atoms with Gasteiger partial charge in [0, 0.05) is 22.8 Å². The van der Waals surface area contributed by atoms with Gasteiger partial charge in [-0.3, -0.25) is 10.1 Å². The SMILES string of the molecule is C[C@@H](NC(=O)N[C@H]1CCSc2c(F)cccc21)c1cccc([N+](=O)[O-])c1. The van der Waals surface area contributed by atoms with Gasteiger partial charge in [0.25, 0.3) is 5.69 Å². The van der Waals surface area contributed by atoms with Crippen molar-refractivity contribution in [3.8, 4) is 0 Å². The van der Waals surface area contributed by atoms with Gasteiger partial charge < -0.3 is 10.6 Å². The van der Waals surface area contributed by atoms with Crippen LogP contribution in [0.25, 0.3) is 0 Å². The number of fused-ring (bicyclic) bond motifs is 1. The van der Waals surface area contributed by atoms with E-state index in [1.807, 2.05) is 6.07 Å². The fourth-order valence-corrected chi connectivity index (χ4v) is 4.06. The summed E-state index contributed by atoms with van der Waals surface area (Å²) in [4.78, 5) is 23.3. The van der Waals surface area contributed by atoms with Crippen molar-refractivity contribution in [3.63, 3.8) is 0 Å². The summed E-state index contributed by atoms with van der Waals surface area (Å²) in [6.45, 7) is 1.75. The average Bonchev–Trinajstić information content (AvgIpc) is 2.62. The maximum absolute atomic E-state index is 13.9. The Morgan fingerprint density at radius 3 is 2.88 bits per heavy atom. The van der Waals surface area contributed by atoms with E-state index in [0.29, 0.717) is 16.9 Å². The number of carbonyl (C=O) groups excluding carboxylic acids is 1. The lowest BCUT2D eigenvalue weighted by molar-refractivity contribution is -0.384. The zero-order valence-electron chi connectivity index (χ0n) is 14.1. The maximum atomic E-state index is 13.9. The zero-order chi connectivity index (χ0) is 18.7. The van der Waals surface area contributed by atoms with Gasteiger partial charge in [-0.05, 0) is 30.5 Å². The molecule has 1 heterocycles. The first-order valence-corrected chi connectivity index (χ1v) is 9.17. The number of hydrogen-bond donors (Lipinski definition) is 2. The Balaban J connectivity index is 1.67. The number of nitro benzene ring substituents is 1. The van der Waals surface area contributed by atoms with Crippen LogP contribution >= 0.6 is 11.8 Å². The number of rotatable bonds is 4. The summed E-state index contributed by atoms with van der Waals surface area (Å²) in [7, 11) is 0. The molecule has 2 atom stereocenters. The lowest BCUT2D eigenvalue weighted by Gasteiger charge is -2.27. The largest absolute Gasteiger partial charge is 0.332 e. The van der Waals surface area contributed by atoms with E-state index in [0.717, 1.165) is 11.3 Å². The molecule has 2 N–H and O–H groups in total. The minimum Gasteiger partial charge on any atom is -0.332 e. The quantitative estimate of drug-likeness (QED) is 0.615. The van der Waals surface area contributed by atoms with E-state index < -0.39 is 17.0 Å². The summed E-state index contributed by atoms with van der Waals surface area (Å²) in [5, 5.41) is 16.5. The topological polar surface area (TPSA) is 84.3 Å². The fourth-order valence-electron chi connectivity index (χ4n) is 2.92. The molecule has 2 aromatic rings. The van der Waals surface area contributed by atoms with Gasteiger partial charge in [0.2, 0.25) is 0 Å². The van der Waals surface area contributed by atoms with E-state index in [1.165, 1.54) is 30.0 Å². The molecule has 6 nitrogen and oxygen atoms in total. The number of urea groups is 1. The molecule has 1 aliphatic rings. The van der Waals surface area contributed by atoms with Crippen LogP contribution in [-0.4, -0.2) is 16.7 Å². The van der Waals surface area contributed by atoms with Gasteiger partial charge in [-0.2, -0.15) is 0 Å². The van der Waals surface area contributed by atoms with E-state index in [4.69, 9.17) is 0 Å². The minimum absolute atomic E-state index is 0.0229. The number of carbonyl (C=O) groups is 1. The van der Waals surface area contributed by atoms with Crippen molar-refractivity contribution in [3.05, 3.63) is 69.5 Å². The molecule has 26 heavy (non-hydrogen) atoms. The van der Waals surface area contributed by atoms with E-state index in [9.17, 15) is 19.3 Å². The Labute approximate surface area is 154 Å². The second kappa shape index (κ2) is 7.74. The number of non-ortho nitro benzene ring substituents is 1. The van der Waals surface area contributed by atoms with Gasteiger partial charge in [0.05, 0.1) is 17.0 Å². The molecule has 0 aromatic heterocycles. The highest BCUT2D eigenvalue weighted by Crippen LogP contribution is 2.37. The van der Waals surface area contributed by atoms with Crippen LogP contribution < -0.4 is 10.6 Å². The number of nitrogens with one attached hydrogen (secondary N) is 2. The summed E-state index contributed by atoms with van der Waals surface area (Å²) >= 11 is 1.45. The highest BCUT2D eigenvalue weighted by atomic mass is 32.2. The predicted molar refractivity (Wildman–Crippen MR) is 97.7 cm³/mol. The third-order valence-electron chi connectivity index (χ3n) is 4.26. The van der Waals surface area contributed by atoms with Crippen molar-refractivity contribution >= 4 is 23.5 Å². The predicted octanol–water partition coefficient (Wildman–Crippen LogP) is 4.33. The van der Waals surface area contributed by atoms with E-state index in [1.54, 1.807) is 25.1 Å². The van der Waals surface area contributed by atoms with Crippen molar-refractivity contribution in [2.75, 3.05) is 5.75 Å². The number of halogens is 1. The Hall–Kier alpha value is -2.61. The molecular weight excluding hydrogens is 357 g/mol. The summed E-state index contributed by atoms with van der Waals surface area (Å²) in [5.41, 5.74) is 1.39. The maximum Gasteiger partial charge on any atom is 0.315 e. The van der Waals surface area contributed by atoms with Crippen molar-refractivity contribution in [2.24, 2.45) is 0 Å². The smallest absolute Gasteiger partial charge is 0.315 e. The van der Waals surface area contributed by atoms with Gasteiger partial charge in [0.1, 0.15) is 5.82 Å². The second-order valence-electron chi connectivity index (χ2n) is 6.04. The first-order chi connectivity index (χ1) is 12.5. The highest BCUT2D eigenvalue weighted by molar-refractivity contribution is 7.99. The standard InChI is InChI=1S/C18H18FN3O3S/c1-11(12-4-2-5-13(10-12)22(24)25)20-18(23)21-16-8-9-26-17-14(16)6-3-7-15(17)19/h2-7,10-11,16H,8-9H2,1H3,(H2,20,21,23)/t11-,16+/m1/s1. The average molecular weight is 375 g/mol. The molecule has 0 saturated carbocycles. The van der Waals surface area contributed by atoms with Gasteiger partial charge >= 0.3 is 6.03 Å². The lowest BCUT2D eigenvalue weighted by atomic mass is 10.0. The van der Waals surface area contributed by atoms with Gasteiger partial charge in [0.15, 0.2) is 0 Å². The molecule has 1 aliphatic heterocycles. The fraction of sp³-hybridized carbons (Fsp3) is 0.278. The normalized spacial score (nSPS) is 17.1. The molecule has 2 aromatic carbocycles. The van der Waals surface area contributed by atoms with E-state index >= 15 is 0 Å². The summed E-state index contributed by atoms with van der Waals surface area (Å²) in [5.74, 6) is 0.448. The molecule has 0 unspecified atom stereocenters. The van der Waals surface area contributed by atoms with E-state index in [2.05, 4.69) is 10.6 Å². The monoisotopic (exact) mass is 375 g/mol. The molecule has 8 heteroatoms. The van der Waals surface area contributed by atoms with Crippen LogP contribution in [0.4, 0.5) is 14.9 Å². The number of thioether (sulfide) groups is 1. The Bertz CT molecular complexity index is 846. The molecule has 0 spiro atoms. The number of hydrogen-bond acceptors (Lipinski definition) is 4. The third kappa shape index (κ3) is 3.96. The lowest BCUT2D eigenvalue weighted by Crippen LogP contribution is -2.40.